The van der Waals surface area contributed by atoms with Gasteiger partial charge in [-0.05, 0) is 13.0 Å². The lowest BCUT2D eigenvalue weighted by Crippen LogP contribution is -2.26. The first-order chi connectivity index (χ1) is 18.3. The van der Waals surface area contributed by atoms with Crippen LogP contribution >= 0.6 is 0 Å². The minimum Gasteiger partial charge on any atom is -0.451 e. The molecule has 1 aliphatic rings. The van der Waals surface area contributed by atoms with Crippen molar-refractivity contribution in [3.05, 3.63) is 63.4 Å². The maximum atomic E-state index is 13.3. The van der Waals surface area contributed by atoms with Gasteiger partial charge in [0.2, 0.25) is 5.95 Å². The molecule has 0 fully saturated rings. The number of fused-ring (bicyclic) bond motifs is 1. The van der Waals surface area contributed by atoms with E-state index >= 15 is 0 Å². The Kier molecular flexibility index (Phi) is 6.87. The van der Waals surface area contributed by atoms with Gasteiger partial charge in [0.25, 0.3) is 11.5 Å². The molecule has 0 bridgehead atoms. The Labute approximate surface area is 218 Å². The Balaban J connectivity index is 1.80. The number of hydrogen-bond donors (Lipinski definition) is 5. The van der Waals surface area contributed by atoms with Gasteiger partial charge >= 0.3 is 6.18 Å². The molecular formula is C23H23F3N10O3. The molecule has 0 spiro atoms. The Bertz CT molecular complexity index is 1660. The van der Waals surface area contributed by atoms with Gasteiger partial charge in [0.15, 0.2) is 17.2 Å². The highest BCUT2D eigenvalue weighted by molar-refractivity contribution is 6.07. The molecule has 0 saturated heterocycles. The fourth-order valence-electron chi connectivity index (χ4n) is 3.82. The number of alkyl halides is 3. The van der Waals surface area contributed by atoms with Gasteiger partial charge in [0.05, 0.1) is 23.7 Å². The highest BCUT2D eigenvalue weighted by atomic mass is 19.4. The van der Waals surface area contributed by atoms with Crippen molar-refractivity contribution in [3.63, 3.8) is 0 Å². The summed E-state index contributed by atoms with van der Waals surface area (Å²) in [4.78, 5) is 37.8. The molecule has 0 aliphatic carbocycles. The molecule has 3 aromatic heterocycles. The van der Waals surface area contributed by atoms with E-state index in [1.54, 1.807) is 20.2 Å². The van der Waals surface area contributed by atoms with Crippen LogP contribution < -0.4 is 32.0 Å². The number of amides is 1. The molecule has 1 amide bonds. The second-order valence-corrected chi connectivity index (χ2v) is 8.32. The summed E-state index contributed by atoms with van der Waals surface area (Å²) in [7, 11) is 4.33. The quantitative estimate of drug-likeness (QED) is 0.221. The number of allylic oxidation sites excluding steroid dienone is 2. The van der Waals surface area contributed by atoms with Gasteiger partial charge in [0, 0.05) is 33.5 Å². The average molecular weight is 544 g/mol. The number of pyridine rings is 2. The van der Waals surface area contributed by atoms with Gasteiger partial charge in [-0.2, -0.15) is 18.2 Å². The molecule has 1 aliphatic heterocycles. The van der Waals surface area contributed by atoms with Crippen LogP contribution in [-0.4, -0.2) is 44.0 Å². The lowest BCUT2D eigenvalue weighted by atomic mass is 10.2. The molecule has 0 radical (unpaired) electrons. The number of primary amides is 1. The molecule has 4 rings (SSSR count). The van der Waals surface area contributed by atoms with Crippen LogP contribution in [-0.2, 0) is 20.3 Å². The van der Waals surface area contributed by atoms with Crippen molar-refractivity contribution >= 4 is 40.6 Å². The maximum Gasteiger partial charge on any atom is 0.417 e. The van der Waals surface area contributed by atoms with E-state index in [1.165, 1.54) is 24.9 Å². The number of imidazole rings is 1. The number of anilines is 2. The lowest BCUT2D eigenvalue weighted by molar-refractivity contribution is -0.138. The molecule has 13 nitrogen and oxygen atoms in total. The summed E-state index contributed by atoms with van der Waals surface area (Å²) in [6, 6.07) is 0.663. The van der Waals surface area contributed by atoms with Crippen LogP contribution in [0.4, 0.5) is 24.8 Å². The maximum absolute atomic E-state index is 13.3. The third-order valence-corrected chi connectivity index (χ3v) is 5.72. The summed E-state index contributed by atoms with van der Waals surface area (Å²) in [5.41, 5.74) is 4.26. The number of aryl methyl sites for hydroxylation is 2. The van der Waals surface area contributed by atoms with Crippen LogP contribution in [0.15, 0.2) is 51.7 Å². The largest absolute Gasteiger partial charge is 0.451 e. The first-order valence-corrected chi connectivity index (χ1v) is 11.2. The van der Waals surface area contributed by atoms with E-state index in [4.69, 9.17) is 15.9 Å². The van der Waals surface area contributed by atoms with Crippen LogP contribution in [0, 0.1) is 5.41 Å². The van der Waals surface area contributed by atoms with E-state index < -0.39 is 28.9 Å². The fourth-order valence-corrected chi connectivity index (χ4v) is 3.82. The van der Waals surface area contributed by atoms with E-state index in [2.05, 4.69) is 30.9 Å². The standard InChI is InChI=1S/C23H23F3N10O3/c1-10-17(30-8-15(29-2)32-10)13(6-27)39-14-7-31-20-18(16(14)19(28)37)36(4)22(34-20)33-12-5-11(23(24,25)26)9-35(3)21(12)38/h5-9,27,29-30H,1-4H3,(H2,28,37)(H,31,33,34)/b17-13+,27-6?. The number of nitrogens with zero attached hydrogens (tertiary/aromatic N) is 5. The average Bonchev–Trinajstić information content (AvgIpc) is 3.19. The molecule has 16 heteroatoms. The summed E-state index contributed by atoms with van der Waals surface area (Å²) in [5, 5.41) is 16.3. The number of rotatable bonds is 7. The first kappa shape index (κ1) is 26.9. The van der Waals surface area contributed by atoms with Crippen LogP contribution in [0.25, 0.3) is 11.2 Å². The number of carbonyl (C=O) groups excluding carboxylic acids is 1. The van der Waals surface area contributed by atoms with Gasteiger partial charge in [-0.15, -0.1) is 0 Å². The zero-order valence-corrected chi connectivity index (χ0v) is 21.1. The fraction of sp³-hybridized carbons (Fsp3) is 0.217. The smallest absolute Gasteiger partial charge is 0.417 e. The lowest BCUT2D eigenvalue weighted by Gasteiger charge is -2.18. The van der Waals surface area contributed by atoms with E-state index in [0.717, 1.165) is 10.8 Å². The molecule has 4 heterocycles. The predicted molar refractivity (Wildman–Crippen MR) is 137 cm³/mol. The number of nitrogens with one attached hydrogen (secondary N) is 4. The zero-order valence-electron chi connectivity index (χ0n) is 21.1. The molecule has 0 saturated carbocycles. The van der Waals surface area contributed by atoms with Crippen molar-refractivity contribution in [2.24, 2.45) is 24.8 Å². The van der Waals surface area contributed by atoms with Gasteiger partial charge in [-0.25, -0.2) is 9.98 Å². The minimum absolute atomic E-state index is 0.000665. The van der Waals surface area contributed by atoms with Gasteiger partial charge in [-0.1, -0.05) is 0 Å². The molecule has 3 aromatic rings. The predicted octanol–water partition coefficient (Wildman–Crippen LogP) is 1.85. The molecule has 0 atom stereocenters. The summed E-state index contributed by atoms with van der Waals surface area (Å²) in [6.07, 6.45) is -0.367. The van der Waals surface area contributed by atoms with Gasteiger partial charge < -0.3 is 41.0 Å². The Morgan fingerprint density at radius 1 is 1.31 bits per heavy atom. The third-order valence-electron chi connectivity index (χ3n) is 5.72. The van der Waals surface area contributed by atoms with Crippen molar-refractivity contribution in [3.8, 4) is 5.75 Å². The number of aliphatic imine (C=N–C) groups is 1. The number of ether oxygens (including phenoxy) is 1. The minimum atomic E-state index is -4.69. The monoisotopic (exact) mass is 544 g/mol. The van der Waals surface area contributed by atoms with Gasteiger partial charge in [0.1, 0.15) is 28.3 Å². The first-order valence-electron chi connectivity index (χ1n) is 11.2. The number of nitrogens with two attached hydrogens (primary N) is 1. The van der Waals surface area contributed by atoms with Crippen molar-refractivity contribution in [2.75, 3.05) is 12.4 Å². The number of aromatic nitrogens is 4. The van der Waals surface area contributed by atoms with E-state index in [1.807, 2.05) is 0 Å². The normalized spacial score (nSPS) is 14.7. The second kappa shape index (κ2) is 9.96. The topological polar surface area (TPSA) is 177 Å². The molecule has 204 valence electrons. The highest BCUT2D eigenvalue weighted by Gasteiger charge is 2.32. The Morgan fingerprint density at radius 2 is 2.03 bits per heavy atom. The zero-order chi connectivity index (χ0) is 28.6. The van der Waals surface area contributed by atoms with Crippen LogP contribution in [0.5, 0.6) is 5.75 Å². The van der Waals surface area contributed by atoms with Crippen molar-refractivity contribution in [2.45, 2.75) is 13.1 Å². The number of carbonyl (C=O) groups is 1. The van der Waals surface area contributed by atoms with E-state index in [9.17, 15) is 22.8 Å². The number of halogens is 3. The summed E-state index contributed by atoms with van der Waals surface area (Å²) in [6.45, 7) is 1.69. The summed E-state index contributed by atoms with van der Waals surface area (Å²) >= 11 is 0. The highest BCUT2D eigenvalue weighted by Crippen LogP contribution is 2.32. The van der Waals surface area contributed by atoms with Crippen molar-refractivity contribution in [1.29, 1.82) is 5.41 Å². The van der Waals surface area contributed by atoms with Crippen molar-refractivity contribution in [1.82, 2.24) is 29.7 Å². The van der Waals surface area contributed by atoms with E-state index in [0.29, 0.717) is 29.5 Å². The van der Waals surface area contributed by atoms with Gasteiger partial charge in [-0.3, -0.25) is 9.59 Å². The molecular weight excluding hydrogens is 521 g/mol. The van der Waals surface area contributed by atoms with Crippen LogP contribution in [0.3, 0.4) is 0 Å². The summed E-state index contributed by atoms with van der Waals surface area (Å²) < 4.78 is 47.9. The third kappa shape index (κ3) is 5.03. The Hall–Kier alpha value is -5.15. The molecule has 39 heavy (non-hydrogen) atoms. The molecule has 0 unspecified atom stereocenters. The summed E-state index contributed by atoms with van der Waals surface area (Å²) in [5.74, 6) is -0.564. The Morgan fingerprint density at radius 3 is 2.62 bits per heavy atom. The number of hydrogen-bond acceptors (Lipinski definition) is 10. The van der Waals surface area contributed by atoms with E-state index in [-0.39, 0.29) is 34.2 Å². The van der Waals surface area contributed by atoms with Crippen LogP contribution in [0.2, 0.25) is 0 Å². The molecule has 6 N–H and O–H groups in total. The SMILES string of the molecule is CNC1=CN/C(=C(\C=N)Oc2cnc3nc(Nc4cc(C(F)(F)F)cn(C)c4=O)n(C)c3c2C(N)=O)C(C)=N1. The molecule has 0 aromatic carbocycles. The van der Waals surface area contributed by atoms with Crippen LogP contribution in [0.1, 0.15) is 22.8 Å². The van der Waals surface area contributed by atoms with Crippen molar-refractivity contribution < 1.29 is 22.7 Å². The second-order valence-electron chi connectivity index (χ2n) is 8.32.